The number of carbonyl (C=O) groups is 1. The van der Waals surface area contributed by atoms with Crippen LogP contribution in [0.3, 0.4) is 0 Å². The number of piperazine rings is 1. The lowest BCUT2D eigenvalue weighted by Gasteiger charge is -2.43. The highest BCUT2D eigenvalue weighted by Gasteiger charge is 2.45. The Hall–Kier alpha value is -2.84. The Morgan fingerprint density at radius 1 is 1.08 bits per heavy atom. The Bertz CT molecular complexity index is 1180. The van der Waals surface area contributed by atoms with Crippen LogP contribution in [0.2, 0.25) is 5.02 Å². The zero-order valence-electron chi connectivity index (χ0n) is 22.5. The lowest BCUT2D eigenvalue weighted by Crippen LogP contribution is -2.49. The van der Waals surface area contributed by atoms with Crippen LogP contribution in [0.15, 0.2) is 30.9 Å². The predicted molar refractivity (Wildman–Crippen MR) is 149 cm³/mol. The molecule has 2 fully saturated rings. The van der Waals surface area contributed by atoms with Gasteiger partial charge in [-0.05, 0) is 82.8 Å². The van der Waals surface area contributed by atoms with Crippen molar-refractivity contribution in [3.05, 3.63) is 52.6 Å². The Balaban J connectivity index is 0.000000433. The minimum Gasteiger partial charge on any atom is -0.467 e. The second-order valence-corrected chi connectivity index (χ2v) is 11.0. The van der Waals surface area contributed by atoms with Crippen LogP contribution in [0.5, 0.6) is 11.9 Å². The molecule has 2 aromatic rings. The molecule has 4 aliphatic rings. The summed E-state index contributed by atoms with van der Waals surface area (Å²) < 4.78 is 12.1. The molecule has 1 amide bonds. The van der Waals surface area contributed by atoms with E-state index in [2.05, 4.69) is 39.5 Å². The predicted octanol–water partition coefficient (Wildman–Crippen LogP) is 4.24. The molecule has 1 aromatic heterocycles. The number of aromatic nitrogens is 2. The first kappa shape index (κ1) is 26.8. The third kappa shape index (κ3) is 5.34. The molecule has 38 heavy (non-hydrogen) atoms. The van der Waals surface area contributed by atoms with Crippen molar-refractivity contribution in [3.8, 4) is 11.9 Å². The van der Waals surface area contributed by atoms with Crippen LogP contribution in [0.25, 0.3) is 0 Å². The summed E-state index contributed by atoms with van der Waals surface area (Å²) in [7, 11) is 3.74. The molecule has 6 rings (SSSR count). The number of ether oxygens (including phenoxy) is 2. The van der Waals surface area contributed by atoms with Crippen LogP contribution in [-0.2, 0) is 23.2 Å². The molecule has 0 N–H and O–H groups in total. The van der Waals surface area contributed by atoms with E-state index in [9.17, 15) is 4.79 Å². The molecular weight excluding hydrogens is 502 g/mol. The highest BCUT2D eigenvalue weighted by atomic mass is 35.5. The Kier molecular flexibility index (Phi) is 8.09. The number of likely N-dealkylation sites (tertiary alicyclic amines) is 1. The molecule has 0 saturated carbocycles. The molecule has 1 spiro atoms. The van der Waals surface area contributed by atoms with Gasteiger partial charge in [0.25, 0.3) is 0 Å². The number of anilines is 1. The lowest BCUT2D eigenvalue weighted by molar-refractivity contribution is -0.126. The topological polar surface area (TPSA) is 71.0 Å². The molecule has 204 valence electrons. The fraction of sp³-hybridized carbons (Fsp3) is 0.552. The number of hydrogen-bond donors (Lipinski definition) is 0. The summed E-state index contributed by atoms with van der Waals surface area (Å²) in [6.45, 7) is 8.85. The van der Waals surface area contributed by atoms with Crippen LogP contribution in [0.4, 0.5) is 5.82 Å². The molecular formula is C29H38ClN5O3. The molecule has 1 aromatic carbocycles. The highest BCUT2D eigenvalue weighted by Crippen LogP contribution is 2.49. The van der Waals surface area contributed by atoms with Crippen molar-refractivity contribution < 1.29 is 14.3 Å². The van der Waals surface area contributed by atoms with Crippen molar-refractivity contribution in [3.63, 3.8) is 0 Å². The van der Waals surface area contributed by atoms with Gasteiger partial charge in [0.1, 0.15) is 11.4 Å². The van der Waals surface area contributed by atoms with Crippen molar-refractivity contribution in [1.29, 1.82) is 0 Å². The number of rotatable bonds is 3. The Morgan fingerprint density at radius 3 is 2.50 bits per heavy atom. The monoisotopic (exact) mass is 539 g/mol. The molecule has 2 saturated heterocycles. The number of fused-ring (bicyclic) bond motifs is 3. The molecule has 1 atom stereocenters. The van der Waals surface area contributed by atoms with E-state index in [1.807, 2.05) is 12.1 Å². The first-order valence-corrected chi connectivity index (χ1v) is 14.1. The van der Waals surface area contributed by atoms with E-state index in [0.29, 0.717) is 32.1 Å². The first-order chi connectivity index (χ1) is 18.4. The van der Waals surface area contributed by atoms with Gasteiger partial charge in [0.15, 0.2) is 0 Å². The number of halogens is 1. The van der Waals surface area contributed by atoms with Crippen molar-refractivity contribution in [2.45, 2.75) is 50.5 Å². The molecule has 0 radical (unpaired) electrons. The van der Waals surface area contributed by atoms with E-state index in [0.717, 1.165) is 54.1 Å². The normalized spacial score (nSPS) is 22.6. The summed E-state index contributed by atoms with van der Waals surface area (Å²) in [4.78, 5) is 27.6. The second-order valence-electron chi connectivity index (χ2n) is 10.6. The summed E-state index contributed by atoms with van der Waals surface area (Å²) >= 11 is 6.67. The summed E-state index contributed by atoms with van der Waals surface area (Å²) in [5, 5.41) is 0.759. The van der Waals surface area contributed by atoms with Gasteiger partial charge in [-0.25, -0.2) is 0 Å². The minimum absolute atomic E-state index is 0.0370. The highest BCUT2D eigenvalue weighted by molar-refractivity contribution is 6.31. The fourth-order valence-electron chi connectivity index (χ4n) is 6.12. The number of aryl methyl sites for hydroxylation is 1. The number of hydrogen-bond acceptors (Lipinski definition) is 7. The number of benzene rings is 1. The zero-order valence-corrected chi connectivity index (χ0v) is 23.3. The summed E-state index contributed by atoms with van der Waals surface area (Å²) in [6.07, 6.45) is 8.79. The Labute approximate surface area is 230 Å². The minimum atomic E-state index is -0.468. The van der Waals surface area contributed by atoms with Gasteiger partial charge in [-0.3, -0.25) is 4.79 Å². The van der Waals surface area contributed by atoms with Gasteiger partial charge in [0.05, 0.1) is 12.7 Å². The number of nitrogens with zero attached hydrogens (tertiary/aromatic N) is 5. The van der Waals surface area contributed by atoms with Crippen LogP contribution < -0.4 is 14.4 Å². The van der Waals surface area contributed by atoms with E-state index in [4.69, 9.17) is 21.1 Å². The Morgan fingerprint density at radius 2 is 1.84 bits per heavy atom. The lowest BCUT2D eigenvalue weighted by atomic mass is 9.75. The smallest absolute Gasteiger partial charge is 0.321 e. The molecule has 9 heteroatoms. The SMILES string of the molecule is C=CC(=O)N1CCN(c2nc(OC)nc3c2CCC2(CCCc4cccc(Cl)c42)O3)CC1.CN1CCCC1. The van der Waals surface area contributed by atoms with Crippen molar-refractivity contribution in [1.82, 2.24) is 19.8 Å². The third-order valence-corrected chi connectivity index (χ3v) is 8.47. The summed E-state index contributed by atoms with van der Waals surface area (Å²) in [5.41, 5.74) is 2.90. The number of methoxy groups -OCH3 is 1. The molecule has 3 aliphatic heterocycles. The van der Waals surface area contributed by atoms with Crippen molar-refractivity contribution >= 4 is 23.3 Å². The molecule has 1 unspecified atom stereocenters. The van der Waals surface area contributed by atoms with Crippen LogP contribution >= 0.6 is 11.6 Å². The van der Waals surface area contributed by atoms with Crippen LogP contribution in [0.1, 0.15) is 48.8 Å². The van der Waals surface area contributed by atoms with E-state index < -0.39 is 5.60 Å². The summed E-state index contributed by atoms with van der Waals surface area (Å²) in [5.74, 6) is 1.38. The number of carbonyl (C=O) groups excluding carboxylic acids is 1. The quantitative estimate of drug-likeness (QED) is 0.540. The maximum absolute atomic E-state index is 12.0. The molecule has 4 heterocycles. The van der Waals surface area contributed by atoms with E-state index >= 15 is 0 Å². The fourth-order valence-corrected chi connectivity index (χ4v) is 6.49. The van der Waals surface area contributed by atoms with Gasteiger partial charge in [0, 0.05) is 36.8 Å². The van der Waals surface area contributed by atoms with Crippen LogP contribution in [-0.4, -0.2) is 79.1 Å². The largest absolute Gasteiger partial charge is 0.467 e. The maximum Gasteiger partial charge on any atom is 0.321 e. The van der Waals surface area contributed by atoms with E-state index in [1.54, 1.807) is 12.0 Å². The van der Waals surface area contributed by atoms with Crippen molar-refractivity contribution in [2.24, 2.45) is 0 Å². The average Bonchev–Trinajstić information content (AvgIpc) is 3.43. The summed E-state index contributed by atoms with van der Waals surface area (Å²) in [6, 6.07) is 6.40. The van der Waals surface area contributed by atoms with E-state index in [-0.39, 0.29) is 11.9 Å². The average molecular weight is 540 g/mol. The maximum atomic E-state index is 12.0. The van der Waals surface area contributed by atoms with Crippen molar-refractivity contribution in [2.75, 3.05) is 58.3 Å². The van der Waals surface area contributed by atoms with Gasteiger partial charge in [-0.1, -0.05) is 30.3 Å². The van der Waals surface area contributed by atoms with Crippen LogP contribution in [0, 0.1) is 0 Å². The van der Waals surface area contributed by atoms with Gasteiger partial charge in [-0.2, -0.15) is 9.97 Å². The van der Waals surface area contributed by atoms with E-state index in [1.165, 1.54) is 37.6 Å². The third-order valence-electron chi connectivity index (χ3n) is 8.16. The zero-order chi connectivity index (χ0) is 26.7. The van der Waals surface area contributed by atoms with Gasteiger partial charge >= 0.3 is 6.01 Å². The molecule has 8 nitrogen and oxygen atoms in total. The first-order valence-electron chi connectivity index (χ1n) is 13.7. The molecule has 0 bridgehead atoms. The standard InChI is InChI=1S/C24H27ClN4O3.C5H11N/c1-3-19(30)28-12-14-29(15-13-28)21-17-9-11-24(32-22(17)27-23(26-21)31-2)10-5-7-16-6-4-8-18(25)20(16)24;1-6-4-2-3-5-6/h3-4,6,8H,1,5,7,9-15H2,2H3;2-5H2,1H3. The van der Waals surface area contributed by atoms with Gasteiger partial charge in [0.2, 0.25) is 11.8 Å². The van der Waals surface area contributed by atoms with Gasteiger partial charge in [-0.15, -0.1) is 0 Å². The van der Waals surface area contributed by atoms with Gasteiger partial charge < -0.3 is 24.2 Å². The second kappa shape index (κ2) is 11.5. The molecule has 1 aliphatic carbocycles. The number of amides is 1.